The Bertz CT molecular complexity index is 866. The van der Waals surface area contributed by atoms with Gasteiger partial charge in [0.25, 0.3) is 5.91 Å². The van der Waals surface area contributed by atoms with Crippen molar-refractivity contribution in [1.29, 1.82) is 0 Å². The van der Waals surface area contributed by atoms with Gasteiger partial charge in [-0.15, -0.1) is 0 Å². The highest BCUT2D eigenvalue weighted by Gasteiger charge is 2.26. The van der Waals surface area contributed by atoms with Gasteiger partial charge >= 0.3 is 0 Å². The minimum absolute atomic E-state index is 0.145. The molecule has 3 aromatic rings. The van der Waals surface area contributed by atoms with Gasteiger partial charge in [0.1, 0.15) is 12.2 Å². The molecule has 0 unspecified atom stereocenters. The number of nitrogens with zero attached hydrogens (tertiary/aromatic N) is 3. The zero-order chi connectivity index (χ0) is 16.4. The van der Waals surface area contributed by atoms with Gasteiger partial charge in [-0.25, -0.2) is 4.98 Å². The molecule has 118 valence electrons. The molecule has 1 amide bonds. The van der Waals surface area contributed by atoms with Gasteiger partial charge in [-0.2, -0.15) is 4.98 Å². The molecule has 0 spiro atoms. The molecule has 0 saturated carbocycles. The minimum atomic E-state index is -0.145. The van der Waals surface area contributed by atoms with Crippen molar-refractivity contribution < 1.29 is 9.53 Å². The Kier molecular flexibility index (Phi) is 3.67. The first kappa shape index (κ1) is 14.4. The summed E-state index contributed by atoms with van der Waals surface area (Å²) >= 11 is 0. The van der Waals surface area contributed by atoms with Crippen LogP contribution in [0.25, 0.3) is 11.4 Å². The van der Waals surface area contributed by atoms with E-state index < -0.39 is 0 Å². The highest BCUT2D eigenvalue weighted by molar-refractivity contribution is 6.07. The molecule has 24 heavy (non-hydrogen) atoms. The lowest BCUT2D eigenvalue weighted by Crippen LogP contribution is -2.32. The number of carbonyl (C=O) groups is 1. The highest BCUT2D eigenvalue weighted by atomic mass is 16.5. The van der Waals surface area contributed by atoms with E-state index in [2.05, 4.69) is 9.97 Å². The lowest BCUT2D eigenvalue weighted by Gasteiger charge is -2.19. The highest BCUT2D eigenvalue weighted by Crippen LogP contribution is 2.26. The van der Waals surface area contributed by atoms with E-state index in [1.165, 1.54) is 0 Å². The fourth-order valence-electron chi connectivity index (χ4n) is 2.68. The van der Waals surface area contributed by atoms with Crippen LogP contribution in [0.5, 0.6) is 5.88 Å². The summed E-state index contributed by atoms with van der Waals surface area (Å²) in [5.41, 5.74) is 2.11. The van der Waals surface area contributed by atoms with E-state index in [0.717, 1.165) is 11.3 Å². The fourth-order valence-corrected chi connectivity index (χ4v) is 2.68. The van der Waals surface area contributed by atoms with E-state index in [1.54, 1.807) is 11.1 Å². The Labute approximate surface area is 139 Å². The molecule has 5 heteroatoms. The zero-order valence-electron chi connectivity index (χ0n) is 12.9. The van der Waals surface area contributed by atoms with E-state index in [9.17, 15) is 4.79 Å². The number of anilines is 1. The summed E-state index contributed by atoms with van der Waals surface area (Å²) in [5, 5.41) is 0. The van der Waals surface area contributed by atoms with Crippen molar-refractivity contribution in [2.24, 2.45) is 0 Å². The van der Waals surface area contributed by atoms with Gasteiger partial charge in [-0.3, -0.25) is 4.79 Å². The van der Waals surface area contributed by atoms with Crippen LogP contribution in [0.2, 0.25) is 0 Å². The minimum Gasteiger partial charge on any atom is -0.475 e. The summed E-state index contributed by atoms with van der Waals surface area (Å²) < 4.78 is 5.72. The fraction of sp³-hybridized carbons (Fsp3) is 0.105. The lowest BCUT2D eigenvalue weighted by molar-refractivity contribution is 0.0989. The molecule has 0 fully saturated rings. The molecular weight excluding hydrogens is 302 g/mol. The molecule has 1 aromatic heterocycles. The van der Waals surface area contributed by atoms with Gasteiger partial charge in [0.2, 0.25) is 5.88 Å². The maximum atomic E-state index is 12.9. The second-order valence-electron chi connectivity index (χ2n) is 5.42. The number of ether oxygens (including phenoxy) is 1. The Morgan fingerprint density at radius 2 is 1.67 bits per heavy atom. The molecular formula is C19H15N3O2. The van der Waals surface area contributed by atoms with Crippen LogP contribution in [0.3, 0.4) is 0 Å². The SMILES string of the molecule is O=C1c2cnc(-c3ccccc3)nc2OCCN1c1ccccc1. The van der Waals surface area contributed by atoms with E-state index >= 15 is 0 Å². The van der Waals surface area contributed by atoms with Crippen LogP contribution in [0.15, 0.2) is 66.9 Å². The second kappa shape index (κ2) is 6.12. The molecule has 0 radical (unpaired) electrons. The number of fused-ring (bicyclic) bond motifs is 1. The normalized spacial score (nSPS) is 13.8. The molecule has 0 bridgehead atoms. The van der Waals surface area contributed by atoms with Crippen LogP contribution >= 0.6 is 0 Å². The van der Waals surface area contributed by atoms with Crippen molar-refractivity contribution in [1.82, 2.24) is 9.97 Å². The first-order chi connectivity index (χ1) is 11.8. The Hall–Kier alpha value is -3.21. The summed E-state index contributed by atoms with van der Waals surface area (Å²) in [6.45, 7) is 0.860. The van der Waals surface area contributed by atoms with Gasteiger partial charge < -0.3 is 9.64 Å². The van der Waals surface area contributed by atoms with Gasteiger partial charge in [0.05, 0.1) is 6.54 Å². The second-order valence-corrected chi connectivity index (χ2v) is 5.42. The van der Waals surface area contributed by atoms with Crippen LogP contribution in [0, 0.1) is 0 Å². The molecule has 2 heterocycles. The number of rotatable bonds is 2. The van der Waals surface area contributed by atoms with Crippen molar-refractivity contribution in [3.05, 3.63) is 72.4 Å². The summed E-state index contributed by atoms with van der Waals surface area (Å²) in [4.78, 5) is 23.3. The van der Waals surface area contributed by atoms with Crippen LogP contribution in [-0.2, 0) is 0 Å². The van der Waals surface area contributed by atoms with Crippen molar-refractivity contribution in [3.8, 4) is 17.3 Å². The third-order valence-electron chi connectivity index (χ3n) is 3.88. The molecule has 0 aliphatic carbocycles. The quantitative estimate of drug-likeness (QED) is 0.728. The third-order valence-corrected chi connectivity index (χ3v) is 3.88. The Balaban J connectivity index is 1.72. The molecule has 0 saturated heterocycles. The van der Waals surface area contributed by atoms with Crippen molar-refractivity contribution in [3.63, 3.8) is 0 Å². The third kappa shape index (κ3) is 2.60. The Morgan fingerprint density at radius 3 is 2.42 bits per heavy atom. The standard InChI is InChI=1S/C19H15N3O2/c23-19-16-13-20-17(14-7-3-1-4-8-14)21-18(16)24-12-11-22(19)15-9-5-2-6-10-15/h1-10,13H,11-12H2. The molecule has 4 rings (SSSR count). The number of aromatic nitrogens is 2. The van der Waals surface area contributed by atoms with E-state index in [0.29, 0.717) is 30.4 Å². The van der Waals surface area contributed by atoms with Crippen molar-refractivity contribution in [2.45, 2.75) is 0 Å². The van der Waals surface area contributed by atoms with Crippen LogP contribution in [0.1, 0.15) is 10.4 Å². The molecule has 0 atom stereocenters. The molecule has 0 N–H and O–H groups in total. The first-order valence-corrected chi connectivity index (χ1v) is 7.75. The molecule has 1 aliphatic rings. The zero-order valence-corrected chi connectivity index (χ0v) is 12.9. The van der Waals surface area contributed by atoms with Crippen LogP contribution in [0.4, 0.5) is 5.69 Å². The summed E-state index contributed by atoms with van der Waals surface area (Å²) in [7, 11) is 0. The summed E-state index contributed by atoms with van der Waals surface area (Å²) in [6.07, 6.45) is 1.55. The smallest absolute Gasteiger partial charge is 0.265 e. The number of amides is 1. The first-order valence-electron chi connectivity index (χ1n) is 7.75. The van der Waals surface area contributed by atoms with Gasteiger partial charge in [-0.1, -0.05) is 48.5 Å². The van der Waals surface area contributed by atoms with Crippen molar-refractivity contribution >= 4 is 11.6 Å². The van der Waals surface area contributed by atoms with E-state index in [4.69, 9.17) is 4.74 Å². The maximum Gasteiger partial charge on any atom is 0.265 e. The van der Waals surface area contributed by atoms with Crippen LogP contribution < -0.4 is 9.64 Å². The van der Waals surface area contributed by atoms with Gasteiger partial charge in [0, 0.05) is 17.4 Å². The largest absolute Gasteiger partial charge is 0.475 e. The molecule has 1 aliphatic heterocycles. The van der Waals surface area contributed by atoms with E-state index in [-0.39, 0.29) is 5.91 Å². The predicted octanol–water partition coefficient (Wildman–Crippen LogP) is 3.18. The monoisotopic (exact) mass is 317 g/mol. The summed E-state index contributed by atoms with van der Waals surface area (Å²) in [6, 6.07) is 19.2. The number of benzene rings is 2. The number of hydrogen-bond donors (Lipinski definition) is 0. The molecule has 2 aromatic carbocycles. The lowest BCUT2D eigenvalue weighted by atomic mass is 10.2. The maximum absolute atomic E-state index is 12.9. The number of hydrogen-bond acceptors (Lipinski definition) is 4. The van der Waals surface area contributed by atoms with E-state index in [1.807, 2.05) is 60.7 Å². The van der Waals surface area contributed by atoms with Gasteiger partial charge in [0.15, 0.2) is 5.82 Å². The Morgan fingerprint density at radius 1 is 0.958 bits per heavy atom. The molecule has 5 nitrogen and oxygen atoms in total. The van der Waals surface area contributed by atoms with Gasteiger partial charge in [-0.05, 0) is 12.1 Å². The average molecular weight is 317 g/mol. The topological polar surface area (TPSA) is 55.3 Å². The average Bonchev–Trinajstić information content (AvgIpc) is 2.82. The number of para-hydroxylation sites is 1. The number of carbonyl (C=O) groups excluding carboxylic acids is 1. The summed E-state index contributed by atoms with van der Waals surface area (Å²) in [5.74, 6) is 0.746. The van der Waals surface area contributed by atoms with Crippen molar-refractivity contribution in [2.75, 3.05) is 18.1 Å². The predicted molar refractivity (Wildman–Crippen MR) is 91.1 cm³/mol. The van der Waals surface area contributed by atoms with Crippen LogP contribution in [-0.4, -0.2) is 29.0 Å².